The van der Waals surface area contributed by atoms with Crippen LogP contribution in [0, 0.1) is 13.8 Å². The number of nitrogens with one attached hydrogen (secondary N) is 2. The maximum absolute atomic E-state index is 12.4. The summed E-state index contributed by atoms with van der Waals surface area (Å²) in [5.41, 5.74) is 1.58. The maximum Gasteiger partial charge on any atom is 0.279 e. The average Bonchev–Trinajstić information content (AvgIpc) is 2.99. The van der Waals surface area contributed by atoms with E-state index >= 15 is 0 Å². The maximum atomic E-state index is 12.4. The van der Waals surface area contributed by atoms with Crippen LogP contribution in [0.15, 0.2) is 29.3 Å². The second-order valence-electron chi connectivity index (χ2n) is 5.57. The van der Waals surface area contributed by atoms with E-state index in [1.165, 1.54) is 0 Å². The predicted molar refractivity (Wildman–Crippen MR) is 83.1 cm³/mol. The zero-order valence-electron chi connectivity index (χ0n) is 13.0. The lowest BCUT2D eigenvalue weighted by Gasteiger charge is -2.19. The third-order valence-electron chi connectivity index (χ3n) is 3.97. The Morgan fingerprint density at radius 2 is 2.26 bits per heavy atom. The topological polar surface area (TPSA) is 97.0 Å². The van der Waals surface area contributed by atoms with Gasteiger partial charge in [0.25, 0.3) is 11.5 Å². The quantitative estimate of drug-likeness (QED) is 0.882. The molecule has 0 aromatic carbocycles. The van der Waals surface area contributed by atoms with E-state index in [0.29, 0.717) is 24.4 Å². The van der Waals surface area contributed by atoms with Crippen LogP contribution in [0.2, 0.25) is 0 Å². The Labute approximate surface area is 133 Å². The van der Waals surface area contributed by atoms with Gasteiger partial charge in [0.05, 0.1) is 11.7 Å². The molecule has 0 bridgehead atoms. The Morgan fingerprint density at radius 1 is 1.43 bits per heavy atom. The number of aromatic nitrogens is 3. The largest absolute Gasteiger partial charge is 0.371 e. The van der Waals surface area contributed by atoms with Crippen molar-refractivity contribution in [2.45, 2.75) is 32.4 Å². The Hall–Kier alpha value is -2.54. The van der Waals surface area contributed by atoms with Crippen LogP contribution in [0.4, 0.5) is 0 Å². The highest BCUT2D eigenvalue weighted by Crippen LogP contribution is 2.28. The fourth-order valence-corrected chi connectivity index (χ4v) is 2.62. The Kier molecular flexibility index (Phi) is 4.20. The summed E-state index contributed by atoms with van der Waals surface area (Å²) in [6.07, 6.45) is 3.81. The zero-order valence-corrected chi connectivity index (χ0v) is 13.0. The van der Waals surface area contributed by atoms with E-state index in [-0.39, 0.29) is 17.8 Å². The van der Waals surface area contributed by atoms with Crippen LogP contribution in [0.1, 0.15) is 40.0 Å². The van der Waals surface area contributed by atoms with Crippen molar-refractivity contribution in [2.75, 3.05) is 6.61 Å². The number of hydrogen-bond donors (Lipinski definition) is 2. The molecule has 3 heterocycles. The number of nitrogens with zero attached hydrogens (tertiary/aromatic N) is 2. The second kappa shape index (κ2) is 6.29. The number of rotatable bonds is 3. The molecule has 1 aliphatic heterocycles. The van der Waals surface area contributed by atoms with Crippen molar-refractivity contribution in [1.82, 2.24) is 20.3 Å². The van der Waals surface area contributed by atoms with Crippen LogP contribution in [0.3, 0.4) is 0 Å². The number of pyridine rings is 1. The first-order valence-corrected chi connectivity index (χ1v) is 7.46. The van der Waals surface area contributed by atoms with Crippen LogP contribution < -0.4 is 10.9 Å². The molecule has 3 rings (SSSR count). The van der Waals surface area contributed by atoms with Crippen LogP contribution in [0.25, 0.3) is 0 Å². The number of H-pyrrole nitrogens is 1. The van der Waals surface area contributed by atoms with E-state index in [0.717, 1.165) is 5.56 Å². The Balaban J connectivity index is 1.80. The molecule has 0 saturated carbocycles. The molecule has 2 aromatic heterocycles. The molecule has 23 heavy (non-hydrogen) atoms. The minimum Gasteiger partial charge on any atom is -0.371 e. The normalized spacial score (nSPS) is 20.4. The van der Waals surface area contributed by atoms with Gasteiger partial charge in [-0.05, 0) is 26.3 Å². The molecule has 7 nitrogen and oxygen atoms in total. The smallest absolute Gasteiger partial charge is 0.279 e. The molecule has 1 saturated heterocycles. The van der Waals surface area contributed by atoms with E-state index in [1.54, 1.807) is 26.2 Å². The van der Waals surface area contributed by atoms with Crippen molar-refractivity contribution in [2.24, 2.45) is 0 Å². The number of ether oxygens (including phenoxy) is 1. The van der Waals surface area contributed by atoms with Gasteiger partial charge in [0, 0.05) is 30.3 Å². The van der Waals surface area contributed by atoms with Gasteiger partial charge >= 0.3 is 0 Å². The molecular weight excluding hydrogens is 296 g/mol. The van der Waals surface area contributed by atoms with Crippen LogP contribution in [-0.2, 0) is 4.74 Å². The van der Waals surface area contributed by atoms with Crippen molar-refractivity contribution in [1.29, 1.82) is 0 Å². The third kappa shape index (κ3) is 3.14. The number of aromatic amines is 1. The molecule has 1 fully saturated rings. The van der Waals surface area contributed by atoms with Gasteiger partial charge < -0.3 is 15.0 Å². The van der Waals surface area contributed by atoms with Gasteiger partial charge in [-0.3, -0.25) is 14.6 Å². The highest BCUT2D eigenvalue weighted by Gasteiger charge is 2.32. The lowest BCUT2D eigenvalue weighted by atomic mass is 10.0. The minimum absolute atomic E-state index is 0.120. The van der Waals surface area contributed by atoms with E-state index in [4.69, 9.17) is 4.74 Å². The lowest BCUT2D eigenvalue weighted by Crippen LogP contribution is -2.40. The first-order chi connectivity index (χ1) is 11.1. The number of aryl methyl sites for hydroxylation is 2. The van der Waals surface area contributed by atoms with Gasteiger partial charge in [-0.2, -0.15) is 0 Å². The number of hydrogen-bond acceptors (Lipinski definition) is 5. The third-order valence-corrected chi connectivity index (χ3v) is 3.97. The lowest BCUT2D eigenvalue weighted by molar-refractivity contribution is 0.0815. The number of carbonyl (C=O) groups excluding carboxylic acids is 1. The van der Waals surface area contributed by atoms with Gasteiger partial charge in [0.1, 0.15) is 6.10 Å². The SMILES string of the molecule is Cc1nc(C(=O)N[C@H]2CCO[C@@H]2c2cccnc2)c(=O)[nH]c1C. The fraction of sp³-hybridized carbons (Fsp3) is 0.375. The molecule has 0 spiro atoms. The number of amides is 1. The van der Waals surface area contributed by atoms with Crippen LogP contribution in [-0.4, -0.2) is 33.5 Å². The molecule has 1 amide bonds. The summed E-state index contributed by atoms with van der Waals surface area (Å²) in [7, 11) is 0. The fourth-order valence-electron chi connectivity index (χ4n) is 2.62. The molecule has 120 valence electrons. The molecule has 2 N–H and O–H groups in total. The minimum atomic E-state index is -0.487. The van der Waals surface area contributed by atoms with Gasteiger partial charge in [-0.1, -0.05) is 6.07 Å². The Bertz CT molecular complexity index is 773. The van der Waals surface area contributed by atoms with E-state index < -0.39 is 11.5 Å². The van der Waals surface area contributed by atoms with Gasteiger partial charge in [-0.15, -0.1) is 0 Å². The van der Waals surface area contributed by atoms with Crippen LogP contribution >= 0.6 is 0 Å². The molecule has 0 aliphatic carbocycles. The summed E-state index contributed by atoms with van der Waals surface area (Å²) in [4.78, 5) is 35.2. The molecule has 1 aliphatic rings. The average molecular weight is 314 g/mol. The molecule has 2 aromatic rings. The van der Waals surface area contributed by atoms with E-state index in [9.17, 15) is 9.59 Å². The molecule has 2 atom stereocenters. The van der Waals surface area contributed by atoms with Crippen molar-refractivity contribution in [3.63, 3.8) is 0 Å². The standard InChI is InChI=1S/C16H18N4O3/c1-9-10(2)19-15(21)13(18-9)16(22)20-12-5-7-23-14(12)11-4-3-6-17-8-11/h3-4,6,8,12,14H,5,7H2,1-2H3,(H,19,21)(H,20,22)/t12-,14+/m0/s1. The van der Waals surface area contributed by atoms with Gasteiger partial charge in [-0.25, -0.2) is 4.98 Å². The first kappa shape index (κ1) is 15.4. The summed E-state index contributed by atoms with van der Waals surface area (Å²) >= 11 is 0. The summed E-state index contributed by atoms with van der Waals surface area (Å²) in [6.45, 7) is 4.04. The second-order valence-corrected chi connectivity index (χ2v) is 5.57. The first-order valence-electron chi connectivity index (χ1n) is 7.46. The van der Waals surface area contributed by atoms with Crippen molar-refractivity contribution < 1.29 is 9.53 Å². The van der Waals surface area contributed by atoms with Crippen LogP contribution in [0.5, 0.6) is 0 Å². The van der Waals surface area contributed by atoms with Crippen molar-refractivity contribution in [3.05, 3.63) is 57.5 Å². The van der Waals surface area contributed by atoms with Gasteiger partial charge in [0.15, 0.2) is 5.69 Å². The zero-order chi connectivity index (χ0) is 16.4. The Morgan fingerprint density at radius 3 is 3.00 bits per heavy atom. The van der Waals surface area contributed by atoms with Crippen molar-refractivity contribution >= 4 is 5.91 Å². The highest BCUT2D eigenvalue weighted by molar-refractivity contribution is 5.92. The van der Waals surface area contributed by atoms with Crippen molar-refractivity contribution in [3.8, 4) is 0 Å². The predicted octanol–water partition coefficient (Wildman–Crippen LogP) is 1.04. The molecular formula is C16H18N4O3. The van der Waals surface area contributed by atoms with E-state index in [2.05, 4.69) is 20.3 Å². The molecule has 0 unspecified atom stereocenters. The number of carbonyl (C=O) groups is 1. The van der Waals surface area contributed by atoms with E-state index in [1.807, 2.05) is 12.1 Å². The summed E-state index contributed by atoms with van der Waals surface area (Å²) in [5.74, 6) is -0.487. The molecule has 7 heteroatoms. The highest BCUT2D eigenvalue weighted by atomic mass is 16.5. The summed E-state index contributed by atoms with van der Waals surface area (Å²) < 4.78 is 5.70. The summed E-state index contributed by atoms with van der Waals surface area (Å²) in [5, 5.41) is 2.86. The summed E-state index contributed by atoms with van der Waals surface area (Å²) in [6, 6.07) is 3.52. The monoisotopic (exact) mass is 314 g/mol. The van der Waals surface area contributed by atoms with Gasteiger partial charge in [0.2, 0.25) is 0 Å². The molecule has 0 radical (unpaired) electrons.